The molecule has 3 atom stereocenters. The SMILES string of the molecule is CC[C@@H]1[C@@H](OS(=O)(=O)c2ccc(C)cc2)CN[C@@H]1C(=O)O. The standard InChI is InChI=1S/C14H19NO5S/c1-3-11-12(8-15-13(11)14(16)17)20-21(18,19)10-6-4-9(2)5-7-10/h4-7,11-13,15H,3,8H2,1-2H3,(H,16,17)/t11-,12+,13+/m1/s1. The summed E-state index contributed by atoms with van der Waals surface area (Å²) < 4.78 is 29.7. The number of benzene rings is 1. The van der Waals surface area contributed by atoms with Gasteiger partial charge >= 0.3 is 5.97 Å². The third-order valence-electron chi connectivity index (χ3n) is 3.74. The second-order valence-corrected chi connectivity index (χ2v) is 6.77. The maximum absolute atomic E-state index is 12.2. The summed E-state index contributed by atoms with van der Waals surface area (Å²) in [6.07, 6.45) is -0.139. The van der Waals surface area contributed by atoms with Crippen molar-refractivity contribution >= 4 is 16.1 Å². The molecule has 1 saturated heterocycles. The van der Waals surface area contributed by atoms with Crippen molar-refractivity contribution in [1.29, 1.82) is 0 Å². The van der Waals surface area contributed by atoms with Crippen LogP contribution in [-0.4, -0.2) is 38.2 Å². The monoisotopic (exact) mass is 313 g/mol. The second kappa shape index (κ2) is 6.13. The van der Waals surface area contributed by atoms with E-state index in [0.717, 1.165) is 5.56 Å². The van der Waals surface area contributed by atoms with Gasteiger partial charge in [0.05, 0.1) is 11.0 Å². The van der Waals surface area contributed by atoms with Crippen molar-refractivity contribution < 1.29 is 22.5 Å². The van der Waals surface area contributed by atoms with Crippen LogP contribution in [0.3, 0.4) is 0 Å². The molecule has 2 N–H and O–H groups in total. The third kappa shape index (κ3) is 3.42. The molecule has 1 heterocycles. The lowest BCUT2D eigenvalue weighted by molar-refractivity contribution is -0.140. The van der Waals surface area contributed by atoms with Crippen LogP contribution >= 0.6 is 0 Å². The molecule has 0 unspecified atom stereocenters. The highest BCUT2D eigenvalue weighted by Crippen LogP contribution is 2.26. The average Bonchev–Trinajstić information content (AvgIpc) is 2.81. The molecule has 1 aromatic rings. The smallest absolute Gasteiger partial charge is 0.321 e. The second-order valence-electron chi connectivity index (χ2n) is 5.20. The molecule has 1 aliphatic heterocycles. The van der Waals surface area contributed by atoms with E-state index in [4.69, 9.17) is 9.29 Å². The van der Waals surface area contributed by atoms with Crippen molar-refractivity contribution in [2.45, 2.75) is 37.3 Å². The van der Waals surface area contributed by atoms with Crippen molar-refractivity contribution in [2.24, 2.45) is 5.92 Å². The Balaban J connectivity index is 2.17. The molecule has 0 saturated carbocycles. The first-order chi connectivity index (χ1) is 9.85. The molecule has 1 aromatic carbocycles. The third-order valence-corrected chi connectivity index (χ3v) is 5.09. The minimum Gasteiger partial charge on any atom is -0.480 e. The summed E-state index contributed by atoms with van der Waals surface area (Å²) in [7, 11) is -3.89. The summed E-state index contributed by atoms with van der Waals surface area (Å²) in [5, 5.41) is 11.9. The average molecular weight is 313 g/mol. The maximum atomic E-state index is 12.2. The van der Waals surface area contributed by atoms with Gasteiger partial charge in [0.1, 0.15) is 6.04 Å². The number of carbonyl (C=O) groups is 1. The van der Waals surface area contributed by atoms with Crippen LogP contribution in [0.4, 0.5) is 0 Å². The minimum absolute atomic E-state index is 0.0849. The van der Waals surface area contributed by atoms with Gasteiger partial charge in [-0.1, -0.05) is 24.6 Å². The van der Waals surface area contributed by atoms with Gasteiger partial charge in [-0.15, -0.1) is 0 Å². The quantitative estimate of drug-likeness (QED) is 0.792. The lowest BCUT2D eigenvalue weighted by Gasteiger charge is -2.20. The fourth-order valence-corrected chi connectivity index (χ4v) is 3.67. The molecule has 6 nitrogen and oxygen atoms in total. The van der Waals surface area contributed by atoms with Gasteiger partial charge in [0.15, 0.2) is 0 Å². The van der Waals surface area contributed by atoms with Gasteiger partial charge < -0.3 is 10.4 Å². The Bertz CT molecular complexity index is 611. The number of carboxylic acid groups (broad SMARTS) is 1. The first-order valence-electron chi connectivity index (χ1n) is 6.81. The molecule has 2 rings (SSSR count). The molecule has 7 heteroatoms. The Morgan fingerprint density at radius 3 is 2.52 bits per heavy atom. The van der Waals surface area contributed by atoms with Crippen molar-refractivity contribution in [3.8, 4) is 0 Å². The van der Waals surface area contributed by atoms with Gasteiger partial charge in [0.2, 0.25) is 0 Å². The lowest BCUT2D eigenvalue weighted by atomic mass is 9.96. The molecule has 0 aliphatic carbocycles. The van der Waals surface area contributed by atoms with Crippen LogP contribution in [0.25, 0.3) is 0 Å². The van der Waals surface area contributed by atoms with E-state index < -0.39 is 28.2 Å². The van der Waals surface area contributed by atoms with E-state index >= 15 is 0 Å². The molecule has 0 spiro atoms. The van der Waals surface area contributed by atoms with Gasteiger partial charge in [0.25, 0.3) is 10.1 Å². The van der Waals surface area contributed by atoms with Gasteiger partial charge in [-0.2, -0.15) is 8.42 Å². The molecular formula is C14H19NO5S. The van der Waals surface area contributed by atoms with E-state index in [1.54, 1.807) is 12.1 Å². The van der Waals surface area contributed by atoms with Crippen molar-refractivity contribution in [3.63, 3.8) is 0 Å². The normalized spacial score (nSPS) is 25.9. The predicted octanol–water partition coefficient (Wildman–Crippen LogP) is 1.15. The van der Waals surface area contributed by atoms with E-state index in [9.17, 15) is 13.2 Å². The predicted molar refractivity (Wildman–Crippen MR) is 76.4 cm³/mol. The van der Waals surface area contributed by atoms with E-state index in [-0.39, 0.29) is 17.4 Å². The Hall–Kier alpha value is -1.44. The van der Waals surface area contributed by atoms with E-state index in [1.807, 2.05) is 13.8 Å². The lowest BCUT2D eigenvalue weighted by Crippen LogP contribution is -2.36. The van der Waals surface area contributed by atoms with Crippen molar-refractivity contribution in [1.82, 2.24) is 5.32 Å². The molecule has 0 radical (unpaired) electrons. The Morgan fingerprint density at radius 1 is 1.38 bits per heavy atom. The Kier molecular flexibility index (Phi) is 4.65. The molecule has 0 bridgehead atoms. The zero-order valence-corrected chi connectivity index (χ0v) is 12.8. The molecule has 1 aliphatic rings. The Morgan fingerprint density at radius 2 is 2.00 bits per heavy atom. The molecule has 1 fully saturated rings. The highest BCUT2D eigenvalue weighted by Gasteiger charge is 2.42. The van der Waals surface area contributed by atoms with Crippen LogP contribution in [0.15, 0.2) is 29.2 Å². The van der Waals surface area contributed by atoms with Gasteiger partial charge in [-0.25, -0.2) is 0 Å². The molecule has 0 amide bonds. The van der Waals surface area contributed by atoms with Crippen LogP contribution < -0.4 is 5.32 Å². The van der Waals surface area contributed by atoms with Crippen molar-refractivity contribution in [2.75, 3.05) is 6.54 Å². The highest BCUT2D eigenvalue weighted by atomic mass is 32.2. The van der Waals surface area contributed by atoms with Gasteiger partial charge in [-0.05, 0) is 25.5 Å². The van der Waals surface area contributed by atoms with E-state index in [2.05, 4.69) is 5.32 Å². The molecule has 0 aromatic heterocycles. The fraction of sp³-hybridized carbons (Fsp3) is 0.500. The zero-order chi connectivity index (χ0) is 15.6. The van der Waals surface area contributed by atoms with Gasteiger partial charge in [0, 0.05) is 12.5 Å². The van der Waals surface area contributed by atoms with Crippen LogP contribution in [0.5, 0.6) is 0 Å². The van der Waals surface area contributed by atoms with Crippen LogP contribution in [-0.2, 0) is 19.1 Å². The number of hydrogen-bond donors (Lipinski definition) is 2. The number of aliphatic carboxylic acids is 1. The number of aryl methyl sites for hydroxylation is 1. The summed E-state index contributed by atoms with van der Waals surface area (Å²) in [6.45, 7) is 3.89. The molecule has 21 heavy (non-hydrogen) atoms. The van der Waals surface area contributed by atoms with Crippen LogP contribution in [0, 0.1) is 12.8 Å². The fourth-order valence-electron chi connectivity index (χ4n) is 2.56. The van der Waals surface area contributed by atoms with Gasteiger partial charge in [-0.3, -0.25) is 8.98 Å². The summed E-state index contributed by atoms with van der Waals surface area (Å²) in [5.74, 6) is -1.36. The largest absolute Gasteiger partial charge is 0.480 e. The highest BCUT2D eigenvalue weighted by molar-refractivity contribution is 7.86. The summed E-state index contributed by atoms with van der Waals surface area (Å²) >= 11 is 0. The molecular weight excluding hydrogens is 294 g/mol. The van der Waals surface area contributed by atoms with E-state index in [0.29, 0.717) is 6.42 Å². The minimum atomic E-state index is -3.89. The summed E-state index contributed by atoms with van der Waals surface area (Å²) in [5.41, 5.74) is 0.953. The number of rotatable bonds is 5. The Labute approximate surface area is 124 Å². The van der Waals surface area contributed by atoms with E-state index in [1.165, 1.54) is 12.1 Å². The zero-order valence-electron chi connectivity index (χ0n) is 11.9. The summed E-state index contributed by atoms with van der Waals surface area (Å²) in [6, 6.07) is 5.60. The first-order valence-corrected chi connectivity index (χ1v) is 8.22. The summed E-state index contributed by atoms with van der Waals surface area (Å²) in [4.78, 5) is 11.2. The number of hydrogen-bond acceptors (Lipinski definition) is 5. The molecule has 116 valence electrons. The van der Waals surface area contributed by atoms with Crippen LogP contribution in [0.2, 0.25) is 0 Å². The topological polar surface area (TPSA) is 92.7 Å². The maximum Gasteiger partial charge on any atom is 0.321 e. The number of carboxylic acids is 1. The number of nitrogens with one attached hydrogen (secondary N) is 1. The van der Waals surface area contributed by atoms with Crippen LogP contribution in [0.1, 0.15) is 18.9 Å². The first kappa shape index (κ1) is 15.9. The van der Waals surface area contributed by atoms with Crippen molar-refractivity contribution in [3.05, 3.63) is 29.8 Å².